The van der Waals surface area contributed by atoms with E-state index in [4.69, 9.17) is 11.6 Å². The minimum absolute atomic E-state index is 0.0735. The van der Waals surface area contributed by atoms with Crippen molar-refractivity contribution in [3.63, 3.8) is 0 Å². The molecule has 1 aromatic carbocycles. The lowest BCUT2D eigenvalue weighted by atomic mass is 9.69. The van der Waals surface area contributed by atoms with E-state index in [1.165, 1.54) is 6.33 Å². The molecule has 6 heteroatoms. The number of hydrogen-bond donors (Lipinski definition) is 2. The van der Waals surface area contributed by atoms with Gasteiger partial charge in [0.1, 0.15) is 12.7 Å². The molecule has 0 saturated heterocycles. The van der Waals surface area contributed by atoms with Crippen molar-refractivity contribution in [2.45, 2.75) is 45.3 Å². The van der Waals surface area contributed by atoms with E-state index in [1.54, 1.807) is 11.0 Å². The lowest BCUT2D eigenvalue weighted by Crippen LogP contribution is -2.51. The van der Waals surface area contributed by atoms with Gasteiger partial charge >= 0.3 is 0 Å². The van der Waals surface area contributed by atoms with E-state index in [1.807, 2.05) is 24.3 Å². The largest absolute Gasteiger partial charge is 0.396 e. The van der Waals surface area contributed by atoms with Crippen LogP contribution in [0.4, 0.5) is 0 Å². The first-order valence-corrected chi connectivity index (χ1v) is 9.14. The van der Waals surface area contributed by atoms with Crippen LogP contribution in [0.2, 0.25) is 5.02 Å². The van der Waals surface area contributed by atoms with E-state index in [0.717, 1.165) is 18.4 Å². The number of benzene rings is 1. The predicted octanol–water partition coefficient (Wildman–Crippen LogP) is 2.95. The van der Waals surface area contributed by atoms with Crippen molar-refractivity contribution < 1.29 is 10.2 Å². The number of aromatic nitrogens is 3. The number of halogens is 1. The lowest BCUT2D eigenvalue weighted by molar-refractivity contribution is -0.102. The first-order chi connectivity index (χ1) is 11.9. The summed E-state index contributed by atoms with van der Waals surface area (Å²) >= 11 is 5.99. The molecule has 3 rings (SSSR count). The Balaban J connectivity index is 1.90. The van der Waals surface area contributed by atoms with Gasteiger partial charge in [-0.15, -0.1) is 0 Å². The highest BCUT2D eigenvalue weighted by molar-refractivity contribution is 6.30. The summed E-state index contributed by atoms with van der Waals surface area (Å²) in [5.41, 5.74) is -0.106. The smallest absolute Gasteiger partial charge is 0.137 e. The van der Waals surface area contributed by atoms with Gasteiger partial charge in [0.25, 0.3) is 0 Å². The van der Waals surface area contributed by atoms with Gasteiger partial charge in [-0.1, -0.05) is 37.6 Å². The van der Waals surface area contributed by atoms with E-state index in [0.29, 0.717) is 18.0 Å². The molecule has 0 spiro atoms. The first kappa shape index (κ1) is 18.4. The molecule has 5 nitrogen and oxygen atoms in total. The van der Waals surface area contributed by atoms with Crippen molar-refractivity contribution in [3.8, 4) is 0 Å². The van der Waals surface area contributed by atoms with E-state index >= 15 is 0 Å². The second kappa shape index (κ2) is 7.06. The van der Waals surface area contributed by atoms with Crippen molar-refractivity contribution >= 4 is 11.6 Å². The summed E-state index contributed by atoms with van der Waals surface area (Å²) in [5, 5.41) is 26.1. The SMILES string of the molecule is CC1(C)C(CCO)CC(Cc2ccc(Cl)cc2)C1(O)Cn1cncn1. The Kier molecular flexibility index (Phi) is 5.19. The topological polar surface area (TPSA) is 71.2 Å². The molecule has 25 heavy (non-hydrogen) atoms. The fourth-order valence-corrected chi connectivity index (χ4v) is 4.52. The maximum Gasteiger partial charge on any atom is 0.137 e. The zero-order valence-corrected chi connectivity index (χ0v) is 15.5. The third-order valence-electron chi connectivity index (χ3n) is 6.12. The van der Waals surface area contributed by atoms with Gasteiger partial charge in [-0.2, -0.15) is 5.10 Å². The molecule has 2 aromatic rings. The average Bonchev–Trinajstić information content (AvgIpc) is 3.13. The molecule has 136 valence electrons. The molecular formula is C19H26ClN3O2. The zero-order chi connectivity index (χ0) is 18.1. The van der Waals surface area contributed by atoms with Crippen molar-refractivity contribution in [3.05, 3.63) is 47.5 Å². The molecular weight excluding hydrogens is 338 g/mol. The number of aliphatic hydroxyl groups is 2. The van der Waals surface area contributed by atoms with Gasteiger partial charge in [-0.05, 0) is 54.2 Å². The fraction of sp³-hybridized carbons (Fsp3) is 0.579. The molecule has 0 bridgehead atoms. The van der Waals surface area contributed by atoms with Crippen LogP contribution in [-0.2, 0) is 13.0 Å². The monoisotopic (exact) mass is 363 g/mol. The van der Waals surface area contributed by atoms with Crippen LogP contribution in [0.3, 0.4) is 0 Å². The van der Waals surface area contributed by atoms with Crippen LogP contribution in [0.5, 0.6) is 0 Å². The summed E-state index contributed by atoms with van der Waals surface area (Å²) in [7, 11) is 0. The Hall–Kier alpha value is -1.43. The summed E-state index contributed by atoms with van der Waals surface area (Å²) < 4.78 is 1.71. The number of hydrogen-bond acceptors (Lipinski definition) is 4. The standard InChI is InChI=1S/C19H26ClN3O2/c1-18(2)15(7-8-24)10-16(9-14-3-5-17(20)6-4-14)19(18,25)11-23-13-21-12-22-23/h3-6,12-13,15-16,24-25H,7-11H2,1-2H3. The van der Waals surface area contributed by atoms with Crippen molar-refractivity contribution in [2.75, 3.05) is 6.61 Å². The van der Waals surface area contributed by atoms with E-state index in [-0.39, 0.29) is 23.9 Å². The van der Waals surface area contributed by atoms with Crippen LogP contribution >= 0.6 is 11.6 Å². The van der Waals surface area contributed by atoms with Crippen LogP contribution in [-0.4, -0.2) is 37.2 Å². The Morgan fingerprint density at radius 2 is 1.96 bits per heavy atom. The summed E-state index contributed by atoms with van der Waals surface area (Å²) in [4.78, 5) is 4.00. The summed E-state index contributed by atoms with van der Waals surface area (Å²) in [6.07, 6.45) is 5.48. The molecule has 1 aromatic heterocycles. The molecule has 0 radical (unpaired) electrons. The van der Waals surface area contributed by atoms with Crippen molar-refractivity contribution in [2.24, 2.45) is 17.3 Å². The van der Waals surface area contributed by atoms with Gasteiger partial charge in [0.2, 0.25) is 0 Å². The third kappa shape index (κ3) is 3.46. The predicted molar refractivity (Wildman–Crippen MR) is 97.2 cm³/mol. The van der Waals surface area contributed by atoms with Gasteiger partial charge in [0.15, 0.2) is 0 Å². The minimum atomic E-state index is -0.930. The third-order valence-corrected chi connectivity index (χ3v) is 6.38. The molecule has 1 fully saturated rings. The highest BCUT2D eigenvalue weighted by Crippen LogP contribution is 2.56. The van der Waals surface area contributed by atoms with Crippen LogP contribution in [0.15, 0.2) is 36.9 Å². The molecule has 1 aliphatic rings. The summed E-state index contributed by atoms with van der Waals surface area (Å²) in [6, 6.07) is 7.81. The summed E-state index contributed by atoms with van der Waals surface area (Å²) in [6.45, 7) is 4.75. The van der Waals surface area contributed by atoms with Gasteiger partial charge in [-0.25, -0.2) is 4.98 Å². The highest BCUT2D eigenvalue weighted by atomic mass is 35.5. The van der Waals surface area contributed by atoms with Gasteiger partial charge in [0, 0.05) is 11.6 Å². The zero-order valence-electron chi connectivity index (χ0n) is 14.8. The Labute approximate surface area is 153 Å². The second-order valence-electron chi connectivity index (χ2n) is 7.71. The van der Waals surface area contributed by atoms with E-state index in [9.17, 15) is 10.2 Å². The number of rotatable bonds is 6. The molecule has 0 aliphatic heterocycles. The van der Waals surface area contributed by atoms with Gasteiger partial charge in [0.05, 0.1) is 12.1 Å². The van der Waals surface area contributed by atoms with Crippen LogP contribution in [0.25, 0.3) is 0 Å². The quantitative estimate of drug-likeness (QED) is 0.827. The first-order valence-electron chi connectivity index (χ1n) is 8.77. The number of nitrogens with zero attached hydrogens (tertiary/aromatic N) is 3. The molecule has 0 amide bonds. The Morgan fingerprint density at radius 1 is 1.24 bits per heavy atom. The molecule has 1 heterocycles. The average molecular weight is 364 g/mol. The van der Waals surface area contributed by atoms with Crippen LogP contribution in [0.1, 0.15) is 32.3 Å². The Bertz CT molecular complexity index is 687. The van der Waals surface area contributed by atoms with Gasteiger partial charge in [-0.3, -0.25) is 4.68 Å². The molecule has 3 atom stereocenters. The van der Waals surface area contributed by atoms with Crippen LogP contribution in [0, 0.1) is 17.3 Å². The molecule has 2 N–H and O–H groups in total. The normalized spacial score (nSPS) is 28.4. The second-order valence-corrected chi connectivity index (χ2v) is 8.15. The van der Waals surface area contributed by atoms with E-state index in [2.05, 4.69) is 23.9 Å². The van der Waals surface area contributed by atoms with Gasteiger partial charge < -0.3 is 10.2 Å². The fourth-order valence-electron chi connectivity index (χ4n) is 4.40. The van der Waals surface area contributed by atoms with Crippen molar-refractivity contribution in [1.29, 1.82) is 0 Å². The molecule has 1 aliphatic carbocycles. The molecule has 1 saturated carbocycles. The highest BCUT2D eigenvalue weighted by Gasteiger charge is 2.58. The maximum absolute atomic E-state index is 11.8. The van der Waals surface area contributed by atoms with Crippen molar-refractivity contribution in [1.82, 2.24) is 14.8 Å². The Morgan fingerprint density at radius 3 is 2.56 bits per heavy atom. The number of aliphatic hydroxyl groups excluding tert-OH is 1. The lowest BCUT2D eigenvalue weighted by Gasteiger charge is -2.43. The molecule has 3 unspecified atom stereocenters. The van der Waals surface area contributed by atoms with E-state index < -0.39 is 5.60 Å². The minimum Gasteiger partial charge on any atom is -0.396 e. The van der Waals surface area contributed by atoms with Crippen LogP contribution < -0.4 is 0 Å². The maximum atomic E-state index is 11.8. The summed E-state index contributed by atoms with van der Waals surface area (Å²) in [5.74, 6) is 0.327.